The molecule has 0 spiro atoms. The first-order valence-electron chi connectivity index (χ1n) is 15.8. The molecule has 2 saturated carbocycles. The van der Waals surface area contributed by atoms with Gasteiger partial charge in [-0.1, -0.05) is 19.6 Å². The standard InChI is InChI=1S/C32H47N7O4Si/c1-8-38-25(13-14-34-38)31(40)36-30(29(22-9-10-22)23-11-12-23)32(41)35-27-17-26(42-4)24(18-33-27)28-20(2)37-39(21(28)3)19-43-15-16-44(5,6)7/h13-14,17-18,22-23,29-30H,8-12,15-16,19H2,1-7H3,(H,36,40)(H,33,35,41). The molecule has 1 atom stereocenters. The predicted octanol–water partition coefficient (Wildman–Crippen LogP) is 5.27. The fraction of sp³-hybridized carbons (Fsp3) is 0.594. The molecular formula is C32H47N7O4Si. The van der Waals surface area contributed by atoms with Crippen LogP contribution in [0.5, 0.6) is 5.75 Å². The minimum Gasteiger partial charge on any atom is -0.496 e. The van der Waals surface area contributed by atoms with Crippen molar-refractivity contribution in [1.29, 1.82) is 0 Å². The van der Waals surface area contributed by atoms with Crippen LogP contribution in [-0.4, -0.2) is 64.2 Å². The summed E-state index contributed by atoms with van der Waals surface area (Å²) in [5, 5.41) is 15.0. The van der Waals surface area contributed by atoms with Crippen LogP contribution in [0.3, 0.4) is 0 Å². The van der Waals surface area contributed by atoms with E-state index in [2.05, 4.69) is 40.4 Å². The third kappa shape index (κ3) is 7.40. The maximum absolute atomic E-state index is 13.9. The van der Waals surface area contributed by atoms with Gasteiger partial charge in [-0.3, -0.25) is 14.3 Å². The number of anilines is 1. The molecule has 5 rings (SSSR count). The van der Waals surface area contributed by atoms with E-state index in [1.807, 2.05) is 25.5 Å². The van der Waals surface area contributed by atoms with Gasteiger partial charge in [-0.25, -0.2) is 9.67 Å². The minimum atomic E-state index is -1.17. The number of ether oxygens (including phenoxy) is 2. The molecule has 2 N–H and O–H groups in total. The predicted molar refractivity (Wildman–Crippen MR) is 172 cm³/mol. The highest BCUT2D eigenvalue weighted by molar-refractivity contribution is 6.76. The van der Waals surface area contributed by atoms with Gasteiger partial charge in [0.2, 0.25) is 5.91 Å². The lowest BCUT2D eigenvalue weighted by Crippen LogP contribution is -2.50. The summed E-state index contributed by atoms with van der Waals surface area (Å²) in [5.74, 6) is 1.39. The molecule has 12 heteroatoms. The van der Waals surface area contributed by atoms with E-state index in [4.69, 9.17) is 14.6 Å². The second-order valence-corrected chi connectivity index (χ2v) is 19.0. The number of carbonyl (C=O) groups is 2. The Morgan fingerprint density at radius 2 is 1.82 bits per heavy atom. The Morgan fingerprint density at radius 1 is 1.11 bits per heavy atom. The van der Waals surface area contributed by atoms with E-state index < -0.39 is 14.1 Å². The number of rotatable bonds is 15. The molecule has 3 heterocycles. The van der Waals surface area contributed by atoms with Gasteiger partial charge in [0, 0.05) is 56.5 Å². The van der Waals surface area contributed by atoms with Gasteiger partial charge in [-0.2, -0.15) is 10.2 Å². The van der Waals surface area contributed by atoms with Crippen molar-refractivity contribution in [2.75, 3.05) is 19.0 Å². The smallest absolute Gasteiger partial charge is 0.270 e. The average Bonchev–Trinajstić information content (AvgIpc) is 3.92. The molecule has 3 aromatic heterocycles. The zero-order valence-corrected chi connectivity index (χ0v) is 28.1. The first kappa shape index (κ1) is 31.9. The van der Waals surface area contributed by atoms with E-state index >= 15 is 0 Å². The molecule has 0 radical (unpaired) electrons. The maximum Gasteiger partial charge on any atom is 0.270 e. The number of pyridine rings is 1. The lowest BCUT2D eigenvalue weighted by atomic mass is 9.88. The number of methoxy groups -OCH3 is 1. The molecule has 0 saturated heterocycles. The second-order valence-electron chi connectivity index (χ2n) is 13.4. The summed E-state index contributed by atoms with van der Waals surface area (Å²) in [5.41, 5.74) is 3.98. The summed E-state index contributed by atoms with van der Waals surface area (Å²) < 4.78 is 15.3. The Balaban J connectivity index is 1.34. The Morgan fingerprint density at radius 3 is 2.43 bits per heavy atom. The topological polar surface area (TPSA) is 125 Å². The zero-order chi connectivity index (χ0) is 31.6. The number of nitrogens with one attached hydrogen (secondary N) is 2. The lowest BCUT2D eigenvalue weighted by Gasteiger charge is -2.27. The summed E-state index contributed by atoms with van der Waals surface area (Å²) in [6, 6.07) is 3.86. The van der Waals surface area contributed by atoms with Crippen molar-refractivity contribution < 1.29 is 19.1 Å². The highest BCUT2D eigenvalue weighted by Crippen LogP contribution is 2.51. The first-order chi connectivity index (χ1) is 21.0. The van der Waals surface area contributed by atoms with Gasteiger partial charge in [0.15, 0.2) is 0 Å². The summed E-state index contributed by atoms with van der Waals surface area (Å²) in [4.78, 5) is 31.8. The van der Waals surface area contributed by atoms with Crippen LogP contribution in [0, 0.1) is 31.6 Å². The van der Waals surface area contributed by atoms with Crippen molar-refractivity contribution in [3.63, 3.8) is 0 Å². The van der Waals surface area contributed by atoms with Crippen LogP contribution in [0.2, 0.25) is 25.7 Å². The molecule has 3 aromatic rings. The third-order valence-electron chi connectivity index (χ3n) is 8.73. The monoisotopic (exact) mass is 621 g/mol. The molecule has 2 fully saturated rings. The van der Waals surface area contributed by atoms with E-state index in [0.717, 1.165) is 54.2 Å². The van der Waals surface area contributed by atoms with E-state index in [1.54, 1.807) is 36.3 Å². The summed E-state index contributed by atoms with van der Waals surface area (Å²) >= 11 is 0. The Labute approximate surface area is 261 Å². The van der Waals surface area contributed by atoms with Crippen LogP contribution < -0.4 is 15.4 Å². The lowest BCUT2D eigenvalue weighted by molar-refractivity contribution is -0.119. The molecule has 0 aromatic carbocycles. The van der Waals surface area contributed by atoms with E-state index in [0.29, 0.717) is 49.0 Å². The SMILES string of the molecule is CCn1nccc1C(=O)NC(C(=O)Nc1cc(OC)c(-c2c(C)nn(COCC[Si](C)(C)C)c2C)cn1)C(C1CC1)C1CC1. The van der Waals surface area contributed by atoms with Gasteiger partial charge in [0.1, 0.15) is 30.0 Å². The van der Waals surface area contributed by atoms with Crippen LogP contribution in [0.15, 0.2) is 24.5 Å². The minimum absolute atomic E-state index is 0.0993. The van der Waals surface area contributed by atoms with Crippen LogP contribution in [0.4, 0.5) is 5.82 Å². The molecule has 2 aliphatic carbocycles. The zero-order valence-electron chi connectivity index (χ0n) is 27.1. The van der Waals surface area contributed by atoms with Gasteiger partial charge in [-0.15, -0.1) is 0 Å². The quantitative estimate of drug-likeness (QED) is 0.175. The number of hydrogen-bond donors (Lipinski definition) is 2. The van der Waals surface area contributed by atoms with Crippen molar-refractivity contribution in [1.82, 2.24) is 29.9 Å². The van der Waals surface area contributed by atoms with E-state index in [-0.39, 0.29) is 17.7 Å². The van der Waals surface area contributed by atoms with Gasteiger partial charge in [-0.05, 0) is 76.3 Å². The van der Waals surface area contributed by atoms with E-state index in [1.165, 1.54) is 0 Å². The van der Waals surface area contributed by atoms with Gasteiger partial charge >= 0.3 is 0 Å². The Kier molecular flexibility index (Phi) is 9.59. The summed E-state index contributed by atoms with van der Waals surface area (Å²) in [6.07, 6.45) is 7.68. The fourth-order valence-electron chi connectivity index (χ4n) is 6.03. The maximum atomic E-state index is 13.9. The second kappa shape index (κ2) is 13.2. The number of amides is 2. The van der Waals surface area contributed by atoms with Gasteiger partial charge in [0.05, 0.1) is 12.8 Å². The van der Waals surface area contributed by atoms with E-state index in [9.17, 15) is 9.59 Å². The highest BCUT2D eigenvalue weighted by Gasteiger charge is 2.48. The number of nitrogens with zero attached hydrogens (tertiary/aromatic N) is 5. The Hall–Kier alpha value is -3.51. The highest BCUT2D eigenvalue weighted by atomic mass is 28.3. The molecular weight excluding hydrogens is 574 g/mol. The molecule has 0 aliphatic heterocycles. The van der Waals surface area contributed by atoms with Crippen LogP contribution in [0.25, 0.3) is 11.1 Å². The van der Waals surface area contributed by atoms with Crippen LogP contribution in [0.1, 0.15) is 54.5 Å². The summed E-state index contributed by atoms with van der Waals surface area (Å²) in [6.45, 7) is 14.6. The molecule has 0 bridgehead atoms. The normalized spacial score (nSPS) is 15.8. The molecule has 238 valence electrons. The largest absolute Gasteiger partial charge is 0.496 e. The molecule has 44 heavy (non-hydrogen) atoms. The third-order valence-corrected chi connectivity index (χ3v) is 10.4. The van der Waals surface area contributed by atoms with Crippen LogP contribution in [-0.2, 0) is 22.8 Å². The number of aryl methyl sites for hydroxylation is 2. The Bertz CT molecular complexity index is 1470. The molecule has 1 unspecified atom stereocenters. The van der Waals surface area contributed by atoms with Crippen molar-refractivity contribution in [2.24, 2.45) is 17.8 Å². The average molecular weight is 622 g/mol. The van der Waals surface area contributed by atoms with Crippen molar-refractivity contribution in [3.8, 4) is 16.9 Å². The molecule has 2 amide bonds. The summed E-state index contributed by atoms with van der Waals surface area (Å²) in [7, 11) is 0.432. The number of carbonyl (C=O) groups excluding carboxylic acids is 2. The van der Waals surface area contributed by atoms with Gasteiger partial charge < -0.3 is 20.1 Å². The molecule has 2 aliphatic rings. The fourth-order valence-corrected chi connectivity index (χ4v) is 6.79. The number of aromatic nitrogens is 5. The van der Waals surface area contributed by atoms with Gasteiger partial charge in [0.25, 0.3) is 5.91 Å². The first-order valence-corrected chi connectivity index (χ1v) is 19.5. The molecule has 11 nitrogen and oxygen atoms in total. The van der Waals surface area contributed by atoms with Crippen LogP contribution >= 0.6 is 0 Å². The van der Waals surface area contributed by atoms with Crippen molar-refractivity contribution in [3.05, 3.63) is 41.6 Å². The number of hydrogen-bond acceptors (Lipinski definition) is 7. The van der Waals surface area contributed by atoms with Crippen molar-refractivity contribution in [2.45, 2.75) is 91.5 Å². The van der Waals surface area contributed by atoms with Crippen molar-refractivity contribution >= 4 is 25.7 Å².